The van der Waals surface area contributed by atoms with E-state index in [-0.39, 0.29) is 6.04 Å². The van der Waals surface area contributed by atoms with Crippen LogP contribution in [0.1, 0.15) is 34.5 Å². The van der Waals surface area contributed by atoms with Crippen LogP contribution in [-0.4, -0.2) is 17.3 Å². The van der Waals surface area contributed by atoms with Crippen LogP contribution in [0.4, 0.5) is 0 Å². The van der Waals surface area contributed by atoms with Crippen molar-refractivity contribution in [3.05, 3.63) is 34.9 Å². The first-order valence-corrected chi connectivity index (χ1v) is 4.09. The molecule has 0 saturated heterocycles. The fourth-order valence-electron chi connectivity index (χ4n) is 1.54. The first kappa shape index (κ1) is 7.98. The Kier molecular flexibility index (Phi) is 1.65. The Bertz CT molecular complexity index is 396. The third-order valence-corrected chi connectivity index (χ3v) is 2.25. The molecule has 3 heteroatoms. The van der Waals surface area contributed by atoms with Crippen LogP contribution in [0.5, 0.6) is 0 Å². The molecule has 1 aliphatic heterocycles. The molecule has 0 fully saturated rings. The average molecular weight is 175 g/mol. The molecule has 0 spiro atoms. The molecule has 0 bridgehead atoms. The van der Waals surface area contributed by atoms with E-state index in [2.05, 4.69) is 4.99 Å². The standard InChI is InChI=1S/C10H9NO2/c1-6-7-3-2-4-8(10(12)13)9(7)5-11-6/h2-6H,1H3,(H,12,13). The largest absolute Gasteiger partial charge is 0.478 e. The van der Waals surface area contributed by atoms with E-state index in [1.54, 1.807) is 18.3 Å². The highest BCUT2D eigenvalue weighted by atomic mass is 16.4. The van der Waals surface area contributed by atoms with E-state index < -0.39 is 5.97 Å². The monoisotopic (exact) mass is 175 g/mol. The van der Waals surface area contributed by atoms with E-state index in [4.69, 9.17) is 5.11 Å². The molecule has 1 N–H and O–H groups in total. The number of rotatable bonds is 1. The van der Waals surface area contributed by atoms with Crippen LogP contribution in [0.3, 0.4) is 0 Å². The summed E-state index contributed by atoms with van der Waals surface area (Å²) >= 11 is 0. The molecule has 0 radical (unpaired) electrons. The summed E-state index contributed by atoms with van der Waals surface area (Å²) in [7, 11) is 0. The Hall–Kier alpha value is -1.64. The Morgan fingerprint density at radius 1 is 1.54 bits per heavy atom. The molecule has 66 valence electrons. The van der Waals surface area contributed by atoms with Crippen LogP contribution in [0.2, 0.25) is 0 Å². The Labute approximate surface area is 75.7 Å². The first-order chi connectivity index (χ1) is 6.20. The van der Waals surface area contributed by atoms with Crippen molar-refractivity contribution >= 4 is 12.2 Å². The summed E-state index contributed by atoms with van der Waals surface area (Å²) in [5, 5.41) is 8.87. The summed E-state index contributed by atoms with van der Waals surface area (Å²) in [6.45, 7) is 1.95. The van der Waals surface area contributed by atoms with Gasteiger partial charge >= 0.3 is 5.97 Å². The second-order valence-electron chi connectivity index (χ2n) is 3.07. The van der Waals surface area contributed by atoms with Gasteiger partial charge in [0.15, 0.2) is 0 Å². The Morgan fingerprint density at radius 3 is 3.00 bits per heavy atom. The van der Waals surface area contributed by atoms with Gasteiger partial charge in [-0.15, -0.1) is 0 Å². The lowest BCUT2D eigenvalue weighted by Crippen LogP contribution is -2.02. The van der Waals surface area contributed by atoms with E-state index in [0.29, 0.717) is 5.56 Å². The summed E-state index contributed by atoms with van der Waals surface area (Å²) < 4.78 is 0. The lowest BCUT2D eigenvalue weighted by atomic mass is 10.0. The lowest BCUT2D eigenvalue weighted by molar-refractivity contribution is 0.0696. The maximum atomic E-state index is 10.8. The van der Waals surface area contributed by atoms with Crippen molar-refractivity contribution in [2.75, 3.05) is 0 Å². The number of aliphatic imine (C=N–C) groups is 1. The maximum Gasteiger partial charge on any atom is 0.336 e. The summed E-state index contributed by atoms with van der Waals surface area (Å²) in [5.74, 6) is -0.891. The Balaban J connectivity index is 2.63. The van der Waals surface area contributed by atoms with Crippen LogP contribution >= 0.6 is 0 Å². The zero-order valence-electron chi connectivity index (χ0n) is 7.19. The minimum absolute atomic E-state index is 0.0919. The van der Waals surface area contributed by atoms with Crippen LogP contribution in [0.15, 0.2) is 23.2 Å². The Morgan fingerprint density at radius 2 is 2.31 bits per heavy atom. The predicted molar refractivity (Wildman–Crippen MR) is 49.4 cm³/mol. The number of carboxylic acid groups (broad SMARTS) is 1. The van der Waals surface area contributed by atoms with E-state index in [9.17, 15) is 4.79 Å². The van der Waals surface area contributed by atoms with Crippen LogP contribution < -0.4 is 0 Å². The van der Waals surface area contributed by atoms with Gasteiger partial charge in [-0.1, -0.05) is 12.1 Å². The molecule has 1 aliphatic rings. The SMILES string of the molecule is CC1N=Cc2c(C(=O)O)cccc21. The number of aromatic carboxylic acids is 1. The van der Waals surface area contributed by atoms with Gasteiger partial charge in [-0.2, -0.15) is 0 Å². The summed E-state index contributed by atoms with van der Waals surface area (Å²) in [5.41, 5.74) is 2.09. The minimum atomic E-state index is -0.891. The molecule has 1 aromatic rings. The van der Waals surface area contributed by atoms with Gasteiger partial charge in [0, 0.05) is 11.8 Å². The highest BCUT2D eigenvalue weighted by Crippen LogP contribution is 2.27. The molecule has 1 atom stereocenters. The highest BCUT2D eigenvalue weighted by Gasteiger charge is 2.19. The molecule has 3 nitrogen and oxygen atoms in total. The van der Waals surface area contributed by atoms with Crippen molar-refractivity contribution in [3.8, 4) is 0 Å². The van der Waals surface area contributed by atoms with Crippen molar-refractivity contribution < 1.29 is 9.90 Å². The second kappa shape index (κ2) is 2.69. The maximum absolute atomic E-state index is 10.8. The van der Waals surface area contributed by atoms with Crippen molar-refractivity contribution in [1.82, 2.24) is 0 Å². The fraction of sp³-hybridized carbons (Fsp3) is 0.200. The molecule has 1 unspecified atom stereocenters. The van der Waals surface area contributed by atoms with Gasteiger partial charge < -0.3 is 5.11 Å². The normalized spacial score (nSPS) is 18.7. The van der Waals surface area contributed by atoms with Crippen LogP contribution in [-0.2, 0) is 0 Å². The van der Waals surface area contributed by atoms with E-state index in [1.165, 1.54) is 0 Å². The smallest absolute Gasteiger partial charge is 0.336 e. The van der Waals surface area contributed by atoms with E-state index in [0.717, 1.165) is 11.1 Å². The number of carboxylic acids is 1. The summed E-state index contributed by atoms with van der Waals surface area (Å²) in [6.07, 6.45) is 1.64. The van der Waals surface area contributed by atoms with Crippen molar-refractivity contribution in [2.24, 2.45) is 4.99 Å². The topological polar surface area (TPSA) is 49.7 Å². The zero-order chi connectivity index (χ0) is 9.42. The molecule has 1 aromatic carbocycles. The van der Waals surface area contributed by atoms with Gasteiger partial charge in [0.25, 0.3) is 0 Å². The average Bonchev–Trinajstić information content (AvgIpc) is 2.48. The number of nitrogens with zero attached hydrogens (tertiary/aromatic N) is 1. The van der Waals surface area contributed by atoms with Gasteiger partial charge in [-0.25, -0.2) is 4.79 Å². The molecule has 0 saturated carbocycles. The van der Waals surface area contributed by atoms with Crippen molar-refractivity contribution in [2.45, 2.75) is 13.0 Å². The third kappa shape index (κ3) is 1.13. The van der Waals surface area contributed by atoms with Gasteiger partial charge in [0.05, 0.1) is 11.6 Å². The second-order valence-corrected chi connectivity index (χ2v) is 3.07. The van der Waals surface area contributed by atoms with E-state index >= 15 is 0 Å². The number of carbonyl (C=O) groups is 1. The predicted octanol–water partition coefficient (Wildman–Crippen LogP) is 1.88. The molecule has 0 amide bonds. The number of hydrogen-bond acceptors (Lipinski definition) is 2. The van der Waals surface area contributed by atoms with Gasteiger partial charge in [-0.05, 0) is 18.6 Å². The molecular formula is C10H9NO2. The molecule has 0 aromatic heterocycles. The fourth-order valence-corrected chi connectivity index (χ4v) is 1.54. The van der Waals surface area contributed by atoms with Crippen LogP contribution in [0, 0.1) is 0 Å². The molecule has 2 rings (SSSR count). The number of hydrogen-bond donors (Lipinski definition) is 1. The lowest BCUT2D eigenvalue weighted by Gasteiger charge is -2.04. The molecule has 0 aliphatic carbocycles. The molecule has 13 heavy (non-hydrogen) atoms. The highest BCUT2D eigenvalue weighted by molar-refractivity contribution is 6.00. The quantitative estimate of drug-likeness (QED) is 0.708. The zero-order valence-corrected chi connectivity index (χ0v) is 7.19. The van der Waals surface area contributed by atoms with Crippen molar-refractivity contribution in [3.63, 3.8) is 0 Å². The summed E-state index contributed by atoms with van der Waals surface area (Å²) in [4.78, 5) is 15.0. The summed E-state index contributed by atoms with van der Waals surface area (Å²) in [6, 6.07) is 5.37. The minimum Gasteiger partial charge on any atom is -0.478 e. The van der Waals surface area contributed by atoms with Crippen molar-refractivity contribution in [1.29, 1.82) is 0 Å². The first-order valence-electron chi connectivity index (χ1n) is 4.09. The third-order valence-electron chi connectivity index (χ3n) is 2.25. The van der Waals surface area contributed by atoms with Gasteiger partial charge in [0.1, 0.15) is 0 Å². The van der Waals surface area contributed by atoms with Crippen LogP contribution in [0.25, 0.3) is 0 Å². The van der Waals surface area contributed by atoms with Gasteiger partial charge in [0.2, 0.25) is 0 Å². The molecule has 1 heterocycles. The number of benzene rings is 1. The molecular weight excluding hydrogens is 166 g/mol. The number of fused-ring (bicyclic) bond motifs is 1. The van der Waals surface area contributed by atoms with E-state index in [1.807, 2.05) is 13.0 Å². The van der Waals surface area contributed by atoms with Gasteiger partial charge in [-0.3, -0.25) is 4.99 Å².